The van der Waals surface area contributed by atoms with Gasteiger partial charge in [0, 0.05) is 12.2 Å². The minimum atomic E-state index is -0.612. The van der Waals surface area contributed by atoms with Gasteiger partial charge in [0.25, 0.3) is 0 Å². The van der Waals surface area contributed by atoms with E-state index in [1.165, 1.54) is 14.2 Å². The van der Waals surface area contributed by atoms with Crippen LogP contribution < -0.4 is 9.47 Å². The Labute approximate surface area is 88.4 Å². The Morgan fingerprint density at radius 3 is 2.47 bits per heavy atom. The van der Waals surface area contributed by atoms with Gasteiger partial charge in [-0.2, -0.15) is 0 Å². The number of benzene rings is 1. The van der Waals surface area contributed by atoms with Crippen LogP contribution in [0.25, 0.3) is 0 Å². The van der Waals surface area contributed by atoms with Crippen molar-refractivity contribution >= 4 is 0 Å². The van der Waals surface area contributed by atoms with Crippen LogP contribution in [0, 0.1) is 0 Å². The molecule has 0 aliphatic rings. The van der Waals surface area contributed by atoms with E-state index in [1.54, 1.807) is 12.1 Å². The van der Waals surface area contributed by atoms with E-state index in [2.05, 4.69) is 0 Å². The zero-order valence-corrected chi connectivity index (χ0v) is 8.92. The van der Waals surface area contributed by atoms with Gasteiger partial charge in [-0.05, 0) is 24.1 Å². The van der Waals surface area contributed by atoms with E-state index in [1.807, 2.05) is 0 Å². The molecule has 0 aliphatic heterocycles. The van der Waals surface area contributed by atoms with E-state index in [0.29, 0.717) is 23.5 Å². The second kappa shape index (κ2) is 5.56. The largest absolute Gasteiger partial charge is 0.493 e. The minimum absolute atomic E-state index is 0.0290. The predicted octanol–water partition coefficient (Wildman–Crippen LogP) is 1.71. The first-order valence-corrected chi connectivity index (χ1v) is 4.67. The molecule has 0 aliphatic carbocycles. The second-order valence-electron chi connectivity index (χ2n) is 3.10. The first-order chi connectivity index (χ1) is 7.26. The summed E-state index contributed by atoms with van der Waals surface area (Å²) >= 11 is 0. The third-order valence-corrected chi connectivity index (χ3v) is 2.16. The first kappa shape index (κ1) is 11.8. The van der Waals surface area contributed by atoms with Crippen molar-refractivity contribution in [1.29, 1.82) is 0 Å². The molecule has 0 amide bonds. The molecule has 0 bridgehead atoms. The minimum Gasteiger partial charge on any atom is -0.493 e. The highest BCUT2D eigenvalue weighted by Crippen LogP contribution is 2.33. The number of hydrogen-bond donors (Lipinski definition) is 1. The molecule has 0 spiro atoms. The highest BCUT2D eigenvalue weighted by molar-refractivity contribution is 5.49. The molecule has 0 fully saturated rings. The fraction of sp³-hybridized carbons (Fsp3) is 0.455. The Hall–Kier alpha value is -1.29. The number of hydrogen-bond acceptors (Lipinski definition) is 3. The number of rotatable bonds is 5. The van der Waals surface area contributed by atoms with Crippen LogP contribution in [0.1, 0.15) is 11.1 Å². The summed E-state index contributed by atoms with van der Waals surface area (Å²) in [6.45, 7) is -0.583. The van der Waals surface area contributed by atoms with Crippen LogP contribution in [-0.4, -0.2) is 25.9 Å². The van der Waals surface area contributed by atoms with Gasteiger partial charge in [-0.1, -0.05) is 0 Å². The van der Waals surface area contributed by atoms with Crippen molar-refractivity contribution in [2.24, 2.45) is 0 Å². The number of methoxy groups -OCH3 is 2. The second-order valence-corrected chi connectivity index (χ2v) is 3.10. The summed E-state index contributed by atoms with van der Waals surface area (Å²) in [5.74, 6) is 0.915. The quantitative estimate of drug-likeness (QED) is 0.811. The van der Waals surface area contributed by atoms with E-state index in [-0.39, 0.29) is 6.61 Å². The SMILES string of the molecule is COc1cc(CCO)cc(CF)c1OC. The molecule has 0 unspecified atom stereocenters. The Morgan fingerprint density at radius 2 is 2.00 bits per heavy atom. The molecule has 3 nitrogen and oxygen atoms in total. The molecule has 0 atom stereocenters. The van der Waals surface area contributed by atoms with Gasteiger partial charge < -0.3 is 14.6 Å². The van der Waals surface area contributed by atoms with Crippen LogP contribution >= 0.6 is 0 Å². The maximum Gasteiger partial charge on any atom is 0.166 e. The van der Waals surface area contributed by atoms with Gasteiger partial charge in [-0.3, -0.25) is 0 Å². The molecule has 0 saturated heterocycles. The van der Waals surface area contributed by atoms with Gasteiger partial charge in [-0.15, -0.1) is 0 Å². The lowest BCUT2D eigenvalue weighted by Gasteiger charge is -2.12. The number of aliphatic hydroxyl groups is 1. The zero-order valence-electron chi connectivity index (χ0n) is 8.92. The Kier molecular flexibility index (Phi) is 4.37. The van der Waals surface area contributed by atoms with Crippen LogP contribution in [0.5, 0.6) is 11.5 Å². The fourth-order valence-corrected chi connectivity index (χ4v) is 1.48. The Bertz CT molecular complexity index is 301. The lowest BCUT2D eigenvalue weighted by Crippen LogP contribution is -1.99. The summed E-state index contributed by atoms with van der Waals surface area (Å²) in [4.78, 5) is 0. The summed E-state index contributed by atoms with van der Waals surface area (Å²) in [6, 6.07) is 3.42. The highest BCUT2D eigenvalue weighted by Gasteiger charge is 2.11. The molecule has 0 radical (unpaired) electrons. The molecule has 1 N–H and O–H groups in total. The van der Waals surface area contributed by atoms with Crippen LogP contribution in [0.15, 0.2) is 12.1 Å². The Balaban J connectivity index is 3.16. The maximum atomic E-state index is 12.7. The summed E-state index contributed by atoms with van der Waals surface area (Å²) in [7, 11) is 2.98. The van der Waals surface area contributed by atoms with E-state index in [4.69, 9.17) is 14.6 Å². The van der Waals surface area contributed by atoms with Gasteiger partial charge in [-0.25, -0.2) is 4.39 Å². The lowest BCUT2D eigenvalue weighted by molar-refractivity contribution is 0.298. The fourth-order valence-electron chi connectivity index (χ4n) is 1.48. The van der Waals surface area contributed by atoms with E-state index in [9.17, 15) is 4.39 Å². The smallest absolute Gasteiger partial charge is 0.166 e. The first-order valence-electron chi connectivity index (χ1n) is 4.67. The number of ether oxygens (including phenoxy) is 2. The molecule has 0 aromatic heterocycles. The number of halogens is 1. The predicted molar refractivity (Wildman–Crippen MR) is 55.1 cm³/mol. The van der Waals surface area contributed by atoms with Gasteiger partial charge in [0.15, 0.2) is 11.5 Å². The number of aliphatic hydroxyl groups excluding tert-OH is 1. The molecule has 1 aromatic carbocycles. The molecule has 1 aromatic rings. The summed E-state index contributed by atoms with van der Waals surface area (Å²) < 4.78 is 22.9. The van der Waals surface area contributed by atoms with Crippen LogP contribution in [-0.2, 0) is 13.1 Å². The lowest BCUT2D eigenvalue weighted by atomic mass is 10.1. The summed E-state index contributed by atoms with van der Waals surface area (Å²) in [5.41, 5.74) is 1.28. The monoisotopic (exact) mass is 214 g/mol. The molecule has 15 heavy (non-hydrogen) atoms. The molecular weight excluding hydrogens is 199 g/mol. The van der Waals surface area contributed by atoms with Gasteiger partial charge in [0.2, 0.25) is 0 Å². The van der Waals surface area contributed by atoms with Crippen molar-refractivity contribution in [3.05, 3.63) is 23.3 Å². The van der Waals surface area contributed by atoms with Crippen molar-refractivity contribution < 1.29 is 19.0 Å². The van der Waals surface area contributed by atoms with E-state index in [0.717, 1.165) is 5.56 Å². The van der Waals surface area contributed by atoms with E-state index < -0.39 is 6.67 Å². The third-order valence-electron chi connectivity index (χ3n) is 2.16. The van der Waals surface area contributed by atoms with E-state index >= 15 is 0 Å². The van der Waals surface area contributed by atoms with Gasteiger partial charge in [0.05, 0.1) is 14.2 Å². The standard InChI is InChI=1S/C11H15FO3/c1-14-10-6-8(3-4-13)5-9(7-12)11(10)15-2/h5-6,13H,3-4,7H2,1-2H3. The molecule has 0 heterocycles. The number of alkyl halides is 1. The molecular formula is C11H15FO3. The molecule has 4 heteroatoms. The van der Waals surface area contributed by atoms with Gasteiger partial charge in [0.1, 0.15) is 6.67 Å². The van der Waals surface area contributed by atoms with Crippen LogP contribution in [0.2, 0.25) is 0 Å². The third kappa shape index (κ3) is 2.59. The van der Waals surface area contributed by atoms with Crippen molar-refractivity contribution in [2.45, 2.75) is 13.1 Å². The zero-order chi connectivity index (χ0) is 11.3. The Morgan fingerprint density at radius 1 is 1.27 bits per heavy atom. The molecule has 1 rings (SSSR count). The van der Waals surface area contributed by atoms with Crippen LogP contribution in [0.4, 0.5) is 4.39 Å². The molecule has 84 valence electrons. The average molecular weight is 214 g/mol. The highest BCUT2D eigenvalue weighted by atomic mass is 19.1. The molecule has 0 saturated carbocycles. The maximum absolute atomic E-state index is 12.7. The van der Waals surface area contributed by atoms with Crippen molar-refractivity contribution in [3.63, 3.8) is 0 Å². The normalized spacial score (nSPS) is 10.1. The topological polar surface area (TPSA) is 38.7 Å². The van der Waals surface area contributed by atoms with Crippen molar-refractivity contribution in [2.75, 3.05) is 20.8 Å². The van der Waals surface area contributed by atoms with Crippen molar-refractivity contribution in [3.8, 4) is 11.5 Å². The van der Waals surface area contributed by atoms with Crippen LogP contribution in [0.3, 0.4) is 0 Å². The van der Waals surface area contributed by atoms with Crippen molar-refractivity contribution in [1.82, 2.24) is 0 Å². The summed E-state index contributed by atoms with van der Waals surface area (Å²) in [6.07, 6.45) is 0.480. The average Bonchev–Trinajstić information content (AvgIpc) is 2.28. The summed E-state index contributed by atoms with van der Waals surface area (Å²) in [5, 5.41) is 8.81. The van der Waals surface area contributed by atoms with Gasteiger partial charge >= 0.3 is 0 Å².